The number of hydrogen-bond donors (Lipinski definition) is 2. The Kier molecular flexibility index (Phi) is 4.59. The van der Waals surface area contributed by atoms with Gasteiger partial charge in [0, 0.05) is 36.4 Å². The van der Waals surface area contributed by atoms with Gasteiger partial charge in [0.2, 0.25) is 5.91 Å². The maximum Gasteiger partial charge on any atom is 0.243 e. The molecule has 0 bridgehead atoms. The number of rotatable bonds is 4. The molecule has 0 unspecified atom stereocenters. The maximum atomic E-state index is 14.0. The lowest BCUT2D eigenvalue weighted by Gasteiger charge is -2.54. The van der Waals surface area contributed by atoms with E-state index in [0.29, 0.717) is 29.0 Å². The summed E-state index contributed by atoms with van der Waals surface area (Å²) in [5.41, 5.74) is 2.57. The Balaban J connectivity index is 1.47. The monoisotopic (exact) mass is 374 g/mol. The Hall–Kier alpha value is -2.48. The largest absolute Gasteiger partial charge is 0.494 e. The highest BCUT2D eigenvalue weighted by molar-refractivity contribution is 5.93. The molecule has 1 aromatic carbocycles. The number of carbonyl (C=O) groups excluding carboxylic acids is 1. The number of halogens is 1. The van der Waals surface area contributed by atoms with Gasteiger partial charge in [0.1, 0.15) is 29.2 Å². The molecule has 2 fully saturated rings. The van der Waals surface area contributed by atoms with Crippen LogP contribution in [0.2, 0.25) is 0 Å². The Bertz CT molecular complexity index is 859. The summed E-state index contributed by atoms with van der Waals surface area (Å²) >= 11 is 0. The number of anilines is 1. The highest BCUT2D eigenvalue weighted by Crippen LogP contribution is 2.48. The van der Waals surface area contributed by atoms with E-state index in [1.807, 2.05) is 0 Å². The standard InChI is InChI=1S/C19H23FN4O3/c1-27-15-8-13(20)7-14-17(15)21-11-22-18(14)24-9-19(10-24)4-2-12(3-5-19)6-16(25)23-26/h7-8,11-12,26H,2-6,9-10H2,1H3,(H,23,25). The summed E-state index contributed by atoms with van der Waals surface area (Å²) in [6.07, 6.45) is 5.93. The van der Waals surface area contributed by atoms with Crippen molar-refractivity contribution >= 4 is 22.6 Å². The summed E-state index contributed by atoms with van der Waals surface area (Å²) in [6.45, 7) is 1.74. The van der Waals surface area contributed by atoms with Crippen molar-refractivity contribution in [1.82, 2.24) is 15.4 Å². The Morgan fingerprint density at radius 1 is 1.37 bits per heavy atom. The van der Waals surface area contributed by atoms with Crippen molar-refractivity contribution < 1.29 is 19.1 Å². The predicted molar refractivity (Wildman–Crippen MR) is 97.2 cm³/mol. The van der Waals surface area contributed by atoms with Crippen molar-refractivity contribution in [3.63, 3.8) is 0 Å². The predicted octanol–water partition coefficient (Wildman–Crippen LogP) is 2.67. The minimum atomic E-state index is -0.367. The second-order valence-corrected chi connectivity index (χ2v) is 7.74. The lowest BCUT2D eigenvalue weighted by Crippen LogP contribution is -2.58. The quantitative estimate of drug-likeness (QED) is 0.632. The van der Waals surface area contributed by atoms with Crippen molar-refractivity contribution in [3.05, 3.63) is 24.3 Å². The van der Waals surface area contributed by atoms with Crippen molar-refractivity contribution in [2.45, 2.75) is 32.1 Å². The zero-order chi connectivity index (χ0) is 19.0. The van der Waals surface area contributed by atoms with Crippen molar-refractivity contribution in [2.24, 2.45) is 11.3 Å². The van der Waals surface area contributed by atoms with Gasteiger partial charge in [0.15, 0.2) is 0 Å². The zero-order valence-electron chi connectivity index (χ0n) is 15.2. The Morgan fingerprint density at radius 2 is 2.11 bits per heavy atom. The van der Waals surface area contributed by atoms with Gasteiger partial charge in [-0.05, 0) is 37.7 Å². The molecule has 4 rings (SSSR count). The third kappa shape index (κ3) is 3.29. The molecule has 1 spiro atoms. The first-order valence-corrected chi connectivity index (χ1v) is 9.20. The number of aromatic nitrogens is 2. The van der Waals surface area contributed by atoms with Crippen molar-refractivity contribution in [2.75, 3.05) is 25.1 Å². The number of methoxy groups -OCH3 is 1. The molecule has 1 aliphatic heterocycles. The van der Waals surface area contributed by atoms with Crippen LogP contribution in [0.5, 0.6) is 5.75 Å². The normalized spacial score (nSPS) is 19.1. The molecule has 2 aliphatic rings. The average molecular weight is 374 g/mol. The molecule has 8 heteroatoms. The number of amides is 1. The molecule has 1 saturated carbocycles. The molecule has 0 atom stereocenters. The number of ether oxygens (including phenoxy) is 1. The third-order valence-electron chi connectivity index (χ3n) is 5.98. The number of carbonyl (C=O) groups is 1. The average Bonchev–Trinajstić information content (AvgIpc) is 2.66. The van der Waals surface area contributed by atoms with Gasteiger partial charge in [-0.15, -0.1) is 0 Å². The molecule has 144 valence electrons. The van der Waals surface area contributed by atoms with Crippen LogP contribution >= 0.6 is 0 Å². The van der Waals surface area contributed by atoms with Gasteiger partial charge in [0.05, 0.1) is 7.11 Å². The van der Waals surface area contributed by atoms with E-state index in [0.717, 1.165) is 44.6 Å². The van der Waals surface area contributed by atoms with Crippen LogP contribution in [0.25, 0.3) is 10.9 Å². The SMILES string of the molecule is COc1cc(F)cc2c(N3CC4(CCC(CC(=O)NO)CC4)C3)ncnc12. The summed E-state index contributed by atoms with van der Waals surface area (Å²) in [6, 6.07) is 2.79. The van der Waals surface area contributed by atoms with E-state index in [1.54, 1.807) is 5.48 Å². The molecule has 0 radical (unpaired) electrons. The Labute approximate surface area is 156 Å². The maximum absolute atomic E-state index is 14.0. The lowest BCUT2D eigenvalue weighted by molar-refractivity contribution is -0.130. The van der Waals surface area contributed by atoms with E-state index in [2.05, 4.69) is 14.9 Å². The second-order valence-electron chi connectivity index (χ2n) is 7.74. The molecule has 1 saturated heterocycles. The van der Waals surface area contributed by atoms with Crippen molar-refractivity contribution in [3.8, 4) is 5.75 Å². The number of hydroxylamine groups is 1. The molecule has 2 aromatic rings. The number of hydrogen-bond acceptors (Lipinski definition) is 6. The van der Waals surface area contributed by atoms with E-state index in [-0.39, 0.29) is 17.1 Å². The van der Waals surface area contributed by atoms with Crippen LogP contribution in [0.3, 0.4) is 0 Å². The number of nitrogens with zero attached hydrogens (tertiary/aromatic N) is 3. The molecule has 1 aromatic heterocycles. The molecular weight excluding hydrogens is 351 g/mol. The third-order valence-corrected chi connectivity index (χ3v) is 5.98. The highest BCUT2D eigenvalue weighted by atomic mass is 19.1. The highest BCUT2D eigenvalue weighted by Gasteiger charge is 2.46. The summed E-state index contributed by atoms with van der Waals surface area (Å²) in [4.78, 5) is 22.2. The van der Waals surface area contributed by atoms with Gasteiger partial charge in [-0.2, -0.15) is 0 Å². The van der Waals surface area contributed by atoms with Gasteiger partial charge in [-0.1, -0.05) is 0 Å². The molecule has 7 nitrogen and oxygen atoms in total. The molecule has 1 aliphatic carbocycles. The smallest absolute Gasteiger partial charge is 0.243 e. The number of nitrogens with one attached hydrogen (secondary N) is 1. The van der Waals surface area contributed by atoms with Crippen LogP contribution in [0.15, 0.2) is 18.5 Å². The first kappa shape index (κ1) is 17.9. The van der Waals surface area contributed by atoms with E-state index in [9.17, 15) is 9.18 Å². The van der Waals surface area contributed by atoms with E-state index < -0.39 is 0 Å². The topological polar surface area (TPSA) is 87.6 Å². The van der Waals surface area contributed by atoms with Gasteiger partial charge in [-0.3, -0.25) is 10.0 Å². The van der Waals surface area contributed by atoms with Gasteiger partial charge >= 0.3 is 0 Å². The van der Waals surface area contributed by atoms with Crippen LogP contribution in [-0.4, -0.2) is 41.3 Å². The summed E-state index contributed by atoms with van der Waals surface area (Å²) < 4.78 is 19.2. The second kappa shape index (κ2) is 6.92. The van der Waals surface area contributed by atoms with E-state index in [4.69, 9.17) is 9.94 Å². The zero-order valence-corrected chi connectivity index (χ0v) is 15.2. The molecule has 27 heavy (non-hydrogen) atoms. The fraction of sp³-hybridized carbons (Fsp3) is 0.526. The summed E-state index contributed by atoms with van der Waals surface area (Å²) in [5.74, 6) is 0.801. The van der Waals surface area contributed by atoms with Crippen LogP contribution in [0, 0.1) is 17.2 Å². The molecular formula is C19H23FN4O3. The molecule has 2 N–H and O–H groups in total. The Morgan fingerprint density at radius 3 is 2.78 bits per heavy atom. The van der Waals surface area contributed by atoms with E-state index >= 15 is 0 Å². The van der Waals surface area contributed by atoms with Crippen LogP contribution in [-0.2, 0) is 4.79 Å². The molecule has 1 amide bonds. The van der Waals surface area contributed by atoms with Crippen LogP contribution in [0.1, 0.15) is 32.1 Å². The fourth-order valence-electron chi connectivity index (χ4n) is 4.53. The minimum Gasteiger partial charge on any atom is -0.494 e. The van der Waals surface area contributed by atoms with Crippen molar-refractivity contribution in [1.29, 1.82) is 0 Å². The van der Waals surface area contributed by atoms with Crippen LogP contribution < -0.4 is 15.1 Å². The molecule has 2 heterocycles. The number of benzene rings is 1. The number of fused-ring (bicyclic) bond motifs is 1. The van der Waals surface area contributed by atoms with Gasteiger partial charge < -0.3 is 9.64 Å². The fourth-order valence-corrected chi connectivity index (χ4v) is 4.53. The van der Waals surface area contributed by atoms with Crippen LogP contribution in [0.4, 0.5) is 10.2 Å². The van der Waals surface area contributed by atoms with E-state index in [1.165, 1.54) is 25.6 Å². The first-order chi connectivity index (χ1) is 13.0. The van der Waals surface area contributed by atoms with Gasteiger partial charge in [-0.25, -0.2) is 19.8 Å². The minimum absolute atomic E-state index is 0.237. The summed E-state index contributed by atoms with van der Waals surface area (Å²) in [5, 5.41) is 9.34. The lowest BCUT2D eigenvalue weighted by atomic mass is 9.65. The summed E-state index contributed by atoms with van der Waals surface area (Å²) in [7, 11) is 1.50. The van der Waals surface area contributed by atoms with Gasteiger partial charge in [0.25, 0.3) is 0 Å². The first-order valence-electron chi connectivity index (χ1n) is 9.20.